The lowest BCUT2D eigenvalue weighted by molar-refractivity contribution is 0.0457. The summed E-state index contributed by atoms with van der Waals surface area (Å²) in [5.74, 6) is 1.79. The van der Waals surface area contributed by atoms with E-state index in [1.54, 1.807) is 0 Å². The molecule has 3 aliphatic heterocycles. The van der Waals surface area contributed by atoms with Crippen LogP contribution >= 0.6 is 0 Å². The highest BCUT2D eigenvalue weighted by molar-refractivity contribution is 5.85. The lowest BCUT2D eigenvalue weighted by Crippen LogP contribution is -2.59. The van der Waals surface area contributed by atoms with Crippen molar-refractivity contribution in [3.8, 4) is 11.1 Å². The first-order valence-corrected chi connectivity index (χ1v) is 9.71. The van der Waals surface area contributed by atoms with E-state index in [1.165, 1.54) is 48.0 Å². The normalized spacial score (nSPS) is 27.8. The Hall–Kier alpha value is -2.33. The third-order valence-corrected chi connectivity index (χ3v) is 6.47. The van der Waals surface area contributed by atoms with Crippen LogP contribution in [0.2, 0.25) is 0 Å². The van der Waals surface area contributed by atoms with Gasteiger partial charge in [0.2, 0.25) is 0 Å². The molecule has 0 aliphatic carbocycles. The molecule has 0 saturated carbocycles. The molecule has 0 spiro atoms. The zero-order valence-corrected chi connectivity index (χ0v) is 15.5. The third-order valence-electron chi connectivity index (χ3n) is 6.47. The number of pyridine rings is 1. The highest BCUT2D eigenvalue weighted by Crippen LogP contribution is 2.34. The Kier molecular flexibility index (Phi) is 3.75. The molecule has 4 heteroatoms. The minimum atomic E-state index is 0.525. The maximum Gasteiger partial charge on any atom is 0.126 e. The van der Waals surface area contributed by atoms with Crippen molar-refractivity contribution in [2.45, 2.75) is 31.8 Å². The largest absolute Gasteiger partial charge is 0.365 e. The predicted molar refractivity (Wildman–Crippen MR) is 107 cm³/mol. The summed E-state index contributed by atoms with van der Waals surface area (Å²) in [6, 6.07) is 14.2. The molecule has 2 aromatic heterocycles. The second-order valence-corrected chi connectivity index (χ2v) is 7.92. The zero-order valence-electron chi connectivity index (χ0n) is 15.5. The van der Waals surface area contributed by atoms with Crippen LogP contribution in [0.1, 0.15) is 19.8 Å². The van der Waals surface area contributed by atoms with E-state index in [-0.39, 0.29) is 0 Å². The first-order chi connectivity index (χ1) is 12.7. The Morgan fingerprint density at radius 2 is 1.85 bits per heavy atom. The Balaban J connectivity index is 1.36. The van der Waals surface area contributed by atoms with Gasteiger partial charge >= 0.3 is 0 Å². The topological polar surface area (TPSA) is 33.1 Å². The number of rotatable bonds is 3. The van der Waals surface area contributed by atoms with Gasteiger partial charge in [0.15, 0.2) is 0 Å². The average molecular weight is 346 g/mol. The third kappa shape index (κ3) is 2.60. The van der Waals surface area contributed by atoms with E-state index in [1.807, 2.05) is 6.20 Å². The number of nitrogens with zero attached hydrogens (tertiary/aromatic N) is 3. The molecule has 0 unspecified atom stereocenters. The molecular formula is C22H26N4. The van der Waals surface area contributed by atoms with Gasteiger partial charge in [-0.3, -0.25) is 4.90 Å². The Morgan fingerprint density at radius 1 is 1.04 bits per heavy atom. The zero-order chi connectivity index (χ0) is 17.7. The standard InChI is InChI=1S/C22H26N4/c1-15-22(16-8-11-26(15)12-9-16)24-21-6-4-19(14-23-21)17-3-5-20-18(13-17)7-10-25(20)2/h3-7,10,13-16,22H,8-9,11-12H2,1-2H3,(H,23,24)/t15-,22-/m1/s1. The first-order valence-electron chi connectivity index (χ1n) is 9.71. The number of hydrogen-bond acceptors (Lipinski definition) is 3. The average Bonchev–Trinajstić information content (AvgIpc) is 3.06. The molecular weight excluding hydrogens is 320 g/mol. The van der Waals surface area contributed by atoms with Crippen LogP contribution < -0.4 is 5.32 Å². The predicted octanol–water partition coefficient (Wildman–Crippen LogP) is 4.13. The Labute approximate surface area is 154 Å². The van der Waals surface area contributed by atoms with Crippen LogP contribution in [-0.4, -0.2) is 39.6 Å². The van der Waals surface area contributed by atoms with Gasteiger partial charge in [-0.1, -0.05) is 6.07 Å². The van der Waals surface area contributed by atoms with Crippen molar-refractivity contribution in [2.75, 3.05) is 18.4 Å². The maximum absolute atomic E-state index is 4.72. The minimum Gasteiger partial charge on any atom is -0.365 e. The van der Waals surface area contributed by atoms with E-state index in [2.05, 4.69) is 71.4 Å². The lowest BCUT2D eigenvalue weighted by Gasteiger charge is -2.50. The van der Waals surface area contributed by atoms with E-state index in [4.69, 9.17) is 4.98 Å². The quantitative estimate of drug-likeness (QED) is 0.774. The van der Waals surface area contributed by atoms with E-state index in [0.29, 0.717) is 12.1 Å². The van der Waals surface area contributed by atoms with Crippen LogP contribution in [0.5, 0.6) is 0 Å². The van der Waals surface area contributed by atoms with E-state index in [9.17, 15) is 0 Å². The molecule has 0 amide bonds. The van der Waals surface area contributed by atoms with Gasteiger partial charge in [-0.15, -0.1) is 0 Å². The summed E-state index contributed by atoms with van der Waals surface area (Å²) in [6.07, 6.45) is 6.74. The molecule has 3 saturated heterocycles. The molecule has 26 heavy (non-hydrogen) atoms. The van der Waals surface area contributed by atoms with Gasteiger partial charge in [0.05, 0.1) is 0 Å². The number of benzene rings is 1. The summed E-state index contributed by atoms with van der Waals surface area (Å²) in [7, 11) is 2.08. The SMILES string of the molecule is C[C@@H]1[C@@H](Nc2ccc(-c3ccc4c(ccn4C)c3)cn2)C2CCN1CC2. The number of aryl methyl sites for hydroxylation is 1. The molecule has 6 rings (SSSR count). The molecule has 2 atom stereocenters. The van der Waals surface area contributed by atoms with Crippen molar-refractivity contribution in [3.63, 3.8) is 0 Å². The van der Waals surface area contributed by atoms with Crippen LogP contribution in [0.15, 0.2) is 48.8 Å². The lowest BCUT2D eigenvalue weighted by atomic mass is 9.79. The van der Waals surface area contributed by atoms with Crippen LogP contribution in [0.25, 0.3) is 22.0 Å². The van der Waals surface area contributed by atoms with Crippen molar-refractivity contribution in [1.29, 1.82) is 0 Å². The van der Waals surface area contributed by atoms with Crippen molar-refractivity contribution in [3.05, 3.63) is 48.8 Å². The molecule has 2 bridgehead atoms. The fourth-order valence-corrected chi connectivity index (χ4v) is 4.83. The van der Waals surface area contributed by atoms with Gasteiger partial charge in [-0.2, -0.15) is 0 Å². The molecule has 1 N–H and O–H groups in total. The second-order valence-electron chi connectivity index (χ2n) is 7.92. The van der Waals surface area contributed by atoms with E-state index in [0.717, 1.165) is 11.7 Å². The molecule has 134 valence electrons. The summed E-state index contributed by atoms with van der Waals surface area (Å²) in [6.45, 7) is 4.88. The van der Waals surface area contributed by atoms with Gasteiger partial charge in [0.1, 0.15) is 5.82 Å². The minimum absolute atomic E-state index is 0.525. The fourth-order valence-electron chi connectivity index (χ4n) is 4.83. The molecule has 5 heterocycles. The number of aromatic nitrogens is 2. The van der Waals surface area contributed by atoms with Crippen LogP contribution in [-0.2, 0) is 7.05 Å². The second kappa shape index (κ2) is 6.13. The van der Waals surface area contributed by atoms with Gasteiger partial charge < -0.3 is 9.88 Å². The van der Waals surface area contributed by atoms with Crippen molar-refractivity contribution in [1.82, 2.24) is 14.5 Å². The highest BCUT2D eigenvalue weighted by atomic mass is 15.2. The molecule has 3 aliphatic rings. The monoisotopic (exact) mass is 346 g/mol. The molecule has 4 nitrogen and oxygen atoms in total. The van der Waals surface area contributed by atoms with Crippen molar-refractivity contribution in [2.24, 2.45) is 13.0 Å². The van der Waals surface area contributed by atoms with Gasteiger partial charge in [-0.25, -0.2) is 4.98 Å². The number of hydrogen-bond donors (Lipinski definition) is 1. The summed E-state index contributed by atoms with van der Waals surface area (Å²) in [4.78, 5) is 7.33. The smallest absolute Gasteiger partial charge is 0.126 e. The summed E-state index contributed by atoms with van der Waals surface area (Å²) < 4.78 is 2.15. The molecule has 0 radical (unpaired) electrons. The Morgan fingerprint density at radius 3 is 2.58 bits per heavy atom. The van der Waals surface area contributed by atoms with Crippen molar-refractivity contribution >= 4 is 16.7 Å². The van der Waals surface area contributed by atoms with Crippen molar-refractivity contribution < 1.29 is 0 Å². The summed E-state index contributed by atoms with van der Waals surface area (Å²) >= 11 is 0. The number of nitrogens with one attached hydrogen (secondary N) is 1. The first kappa shape index (κ1) is 15.9. The van der Waals surface area contributed by atoms with E-state index < -0.39 is 0 Å². The van der Waals surface area contributed by atoms with E-state index >= 15 is 0 Å². The van der Waals surface area contributed by atoms with Gasteiger partial charge in [0.25, 0.3) is 0 Å². The molecule has 1 aromatic carbocycles. The maximum atomic E-state index is 4.72. The van der Waals surface area contributed by atoms with Gasteiger partial charge in [0, 0.05) is 48.0 Å². The summed E-state index contributed by atoms with van der Waals surface area (Å²) in [5, 5.41) is 4.99. The van der Waals surface area contributed by atoms with Gasteiger partial charge in [-0.05, 0) is 74.7 Å². The Bertz CT molecular complexity index is 917. The number of piperidine rings is 3. The highest BCUT2D eigenvalue weighted by Gasteiger charge is 2.39. The fraction of sp³-hybridized carbons (Fsp3) is 0.409. The van der Waals surface area contributed by atoms with Crippen LogP contribution in [0, 0.1) is 5.92 Å². The molecule has 3 fully saturated rings. The number of fused-ring (bicyclic) bond motifs is 4. The number of anilines is 1. The molecule has 3 aromatic rings. The summed E-state index contributed by atoms with van der Waals surface area (Å²) in [5.41, 5.74) is 3.65. The van der Waals surface area contributed by atoms with Crippen LogP contribution in [0.4, 0.5) is 5.82 Å². The van der Waals surface area contributed by atoms with Crippen LogP contribution in [0.3, 0.4) is 0 Å².